The third kappa shape index (κ3) is 4.26. The summed E-state index contributed by atoms with van der Waals surface area (Å²) in [4.78, 5) is 1.25. The molecule has 0 aliphatic rings. The van der Waals surface area contributed by atoms with Crippen LogP contribution in [0.1, 0.15) is 64.1 Å². The van der Waals surface area contributed by atoms with Crippen molar-refractivity contribution in [2.24, 2.45) is 0 Å². The van der Waals surface area contributed by atoms with Crippen molar-refractivity contribution in [2.45, 2.75) is 70.1 Å². The molecule has 134 valence electrons. The second-order valence-corrected chi connectivity index (χ2v) is 9.32. The molecule has 0 saturated carbocycles. The summed E-state index contributed by atoms with van der Waals surface area (Å²) >= 11 is 1.38. The van der Waals surface area contributed by atoms with Crippen LogP contribution in [-0.2, 0) is 20.9 Å². The van der Waals surface area contributed by atoms with E-state index in [1.54, 1.807) is 0 Å². The molecule has 1 aromatic heterocycles. The summed E-state index contributed by atoms with van der Waals surface area (Å²) in [7, 11) is -4.43. The van der Waals surface area contributed by atoms with Gasteiger partial charge in [0.05, 0.1) is 11.5 Å². The first-order valence-corrected chi connectivity index (χ1v) is 10.1. The van der Waals surface area contributed by atoms with E-state index in [-0.39, 0.29) is 29.3 Å². The summed E-state index contributed by atoms with van der Waals surface area (Å²) in [6.45, 7) is 11.7. The van der Waals surface area contributed by atoms with E-state index >= 15 is 0 Å². The van der Waals surface area contributed by atoms with Gasteiger partial charge < -0.3 is 9.84 Å². The third-order valence-electron chi connectivity index (χ3n) is 4.42. The lowest BCUT2D eigenvalue weighted by atomic mass is 9.86. The molecule has 0 amide bonds. The molecule has 1 rings (SSSR count). The Labute approximate surface area is 143 Å². The van der Waals surface area contributed by atoms with Gasteiger partial charge in [-0.1, -0.05) is 41.5 Å². The van der Waals surface area contributed by atoms with Crippen LogP contribution in [0.5, 0.6) is 5.75 Å². The van der Waals surface area contributed by atoms with E-state index in [4.69, 9.17) is 9.84 Å². The molecule has 0 radical (unpaired) electrons. The van der Waals surface area contributed by atoms with Crippen molar-refractivity contribution in [1.82, 2.24) is 0 Å². The minimum absolute atomic E-state index is 0.0158. The predicted molar refractivity (Wildman–Crippen MR) is 93.3 cm³/mol. The summed E-state index contributed by atoms with van der Waals surface area (Å²) in [5.41, 5.74) is -0.702. The maximum absolute atomic E-state index is 12.0. The van der Waals surface area contributed by atoms with E-state index in [1.807, 2.05) is 41.5 Å². The number of thiophene rings is 1. The van der Waals surface area contributed by atoms with E-state index in [9.17, 15) is 13.0 Å². The molecule has 0 aliphatic carbocycles. The molecule has 0 unspecified atom stereocenters. The quantitative estimate of drug-likeness (QED) is 0.687. The van der Waals surface area contributed by atoms with Crippen molar-refractivity contribution in [3.8, 4) is 5.75 Å². The standard InChI is InChI=1S/C16H28O5S2/c1-7-15(3,4)13-11(21-10-9-17)12(23(18,19)20)14(22-13)16(5,6)8-2/h17H,7-10H2,1-6H3,(H,18,19,20). The topological polar surface area (TPSA) is 83.8 Å². The molecule has 5 nitrogen and oxygen atoms in total. The zero-order chi connectivity index (χ0) is 18.1. The van der Waals surface area contributed by atoms with Gasteiger partial charge in [-0.3, -0.25) is 4.55 Å². The molecule has 0 aliphatic heterocycles. The van der Waals surface area contributed by atoms with Gasteiger partial charge in [-0.05, 0) is 12.8 Å². The van der Waals surface area contributed by atoms with E-state index in [0.717, 1.165) is 17.7 Å². The second kappa shape index (κ2) is 7.09. The Morgan fingerprint density at radius 2 is 1.52 bits per heavy atom. The SMILES string of the molecule is CCC(C)(C)c1sc(C(C)(C)CC)c(S(=O)(=O)O)c1OCCO. The third-order valence-corrected chi connectivity index (χ3v) is 7.35. The average Bonchev–Trinajstić information content (AvgIpc) is 2.86. The molecule has 7 heteroatoms. The maximum Gasteiger partial charge on any atom is 0.299 e. The molecule has 0 saturated heterocycles. The van der Waals surface area contributed by atoms with Gasteiger partial charge in [0.2, 0.25) is 0 Å². The molecule has 0 fully saturated rings. The molecule has 1 aromatic rings. The van der Waals surface area contributed by atoms with Crippen molar-refractivity contribution in [1.29, 1.82) is 0 Å². The van der Waals surface area contributed by atoms with Crippen molar-refractivity contribution < 1.29 is 22.8 Å². The van der Waals surface area contributed by atoms with Crippen LogP contribution in [0.25, 0.3) is 0 Å². The first kappa shape index (κ1) is 20.4. The van der Waals surface area contributed by atoms with Gasteiger partial charge in [0.25, 0.3) is 10.1 Å². The molecule has 0 bridgehead atoms. The minimum Gasteiger partial charge on any atom is -0.489 e. The number of aliphatic hydroxyl groups is 1. The monoisotopic (exact) mass is 364 g/mol. The lowest BCUT2D eigenvalue weighted by molar-refractivity contribution is 0.195. The first-order chi connectivity index (χ1) is 10.4. The van der Waals surface area contributed by atoms with Crippen LogP contribution in [0.3, 0.4) is 0 Å². The van der Waals surface area contributed by atoms with Crippen LogP contribution in [0, 0.1) is 0 Å². The Hall–Kier alpha value is -0.630. The number of aliphatic hydroxyl groups excluding tert-OH is 1. The Morgan fingerprint density at radius 3 is 1.91 bits per heavy atom. The van der Waals surface area contributed by atoms with Crippen molar-refractivity contribution in [3.63, 3.8) is 0 Å². The van der Waals surface area contributed by atoms with Gasteiger partial charge in [-0.25, -0.2) is 0 Å². The van der Waals surface area contributed by atoms with E-state index in [0.29, 0.717) is 4.88 Å². The molecule has 23 heavy (non-hydrogen) atoms. The van der Waals surface area contributed by atoms with E-state index in [1.165, 1.54) is 11.3 Å². The van der Waals surface area contributed by atoms with Crippen molar-refractivity contribution in [2.75, 3.05) is 13.2 Å². The summed E-state index contributed by atoms with van der Waals surface area (Å²) in [6, 6.07) is 0. The van der Waals surface area contributed by atoms with E-state index < -0.39 is 15.5 Å². The van der Waals surface area contributed by atoms with Crippen molar-refractivity contribution >= 4 is 21.5 Å². The van der Waals surface area contributed by atoms with Crippen molar-refractivity contribution in [3.05, 3.63) is 9.75 Å². The number of hydrogen-bond acceptors (Lipinski definition) is 5. The molecule has 0 aromatic carbocycles. The smallest absolute Gasteiger partial charge is 0.299 e. The van der Waals surface area contributed by atoms with Gasteiger partial charge in [-0.2, -0.15) is 8.42 Å². The number of rotatable bonds is 8. The molecule has 0 spiro atoms. The highest BCUT2D eigenvalue weighted by atomic mass is 32.2. The minimum atomic E-state index is -4.43. The molecule has 1 heterocycles. The lowest BCUT2D eigenvalue weighted by Gasteiger charge is -2.23. The lowest BCUT2D eigenvalue weighted by Crippen LogP contribution is -2.18. The highest BCUT2D eigenvalue weighted by Gasteiger charge is 2.39. The Kier molecular flexibility index (Phi) is 6.29. The molecule has 2 N–H and O–H groups in total. The van der Waals surface area contributed by atoms with E-state index in [2.05, 4.69) is 0 Å². The first-order valence-electron chi connectivity index (χ1n) is 7.81. The summed E-state index contributed by atoms with van der Waals surface area (Å²) in [5.74, 6) is 0.190. The fourth-order valence-corrected chi connectivity index (χ4v) is 5.02. The fraction of sp³-hybridized carbons (Fsp3) is 0.750. The highest BCUT2D eigenvalue weighted by Crippen LogP contribution is 2.50. The van der Waals surface area contributed by atoms with Crippen LogP contribution < -0.4 is 4.74 Å². The Bertz CT molecular complexity index is 642. The molecular formula is C16H28O5S2. The highest BCUT2D eigenvalue weighted by molar-refractivity contribution is 7.86. The summed E-state index contributed by atoms with van der Waals surface area (Å²) in [6.07, 6.45) is 1.52. The summed E-state index contributed by atoms with van der Waals surface area (Å²) in [5, 5.41) is 9.05. The average molecular weight is 365 g/mol. The molecule has 0 atom stereocenters. The zero-order valence-corrected chi connectivity index (χ0v) is 16.4. The van der Waals surface area contributed by atoms with Crippen LogP contribution in [0.15, 0.2) is 4.90 Å². The normalized spacial score (nSPS) is 13.4. The number of ether oxygens (including phenoxy) is 1. The molecular weight excluding hydrogens is 336 g/mol. The van der Waals surface area contributed by atoms with Gasteiger partial charge >= 0.3 is 0 Å². The van der Waals surface area contributed by atoms with Gasteiger partial charge in [0.15, 0.2) is 10.6 Å². The van der Waals surface area contributed by atoms with Crippen LogP contribution in [-0.4, -0.2) is 31.3 Å². The van der Waals surface area contributed by atoms with Gasteiger partial charge in [-0.15, -0.1) is 11.3 Å². The fourth-order valence-electron chi connectivity index (χ4n) is 2.13. The largest absolute Gasteiger partial charge is 0.489 e. The number of hydrogen-bond donors (Lipinski definition) is 2. The maximum atomic E-state index is 12.0. The Balaban J connectivity index is 3.79. The van der Waals surface area contributed by atoms with Gasteiger partial charge in [0.1, 0.15) is 6.61 Å². The second-order valence-electron chi connectivity index (χ2n) is 6.94. The van der Waals surface area contributed by atoms with Crippen LogP contribution in [0.2, 0.25) is 0 Å². The van der Waals surface area contributed by atoms with Gasteiger partial charge in [0, 0.05) is 15.7 Å². The summed E-state index contributed by atoms with van der Waals surface area (Å²) < 4.78 is 39.5. The van der Waals surface area contributed by atoms with Crippen LogP contribution >= 0.6 is 11.3 Å². The predicted octanol–water partition coefficient (Wildman–Crippen LogP) is 3.74. The Morgan fingerprint density at radius 1 is 1.04 bits per heavy atom. The zero-order valence-electron chi connectivity index (χ0n) is 14.8. The van der Waals surface area contributed by atoms with Crippen LogP contribution in [0.4, 0.5) is 0 Å².